The van der Waals surface area contributed by atoms with E-state index in [1.807, 2.05) is 19.0 Å². The van der Waals surface area contributed by atoms with Crippen LogP contribution in [0.3, 0.4) is 0 Å². The van der Waals surface area contributed by atoms with Crippen LogP contribution in [0.15, 0.2) is 23.1 Å². The molecule has 0 radical (unpaired) electrons. The molecule has 29 heavy (non-hydrogen) atoms. The highest BCUT2D eigenvalue weighted by molar-refractivity contribution is 7.89. The van der Waals surface area contributed by atoms with Crippen molar-refractivity contribution < 1.29 is 13.2 Å². The summed E-state index contributed by atoms with van der Waals surface area (Å²) in [6.07, 6.45) is 5.09. The van der Waals surface area contributed by atoms with Gasteiger partial charge in [0.15, 0.2) is 0 Å². The van der Waals surface area contributed by atoms with Crippen molar-refractivity contribution in [3.8, 4) is 0 Å². The quantitative estimate of drug-likeness (QED) is 0.763. The van der Waals surface area contributed by atoms with Gasteiger partial charge < -0.3 is 10.2 Å². The fourth-order valence-electron chi connectivity index (χ4n) is 4.03. The van der Waals surface area contributed by atoms with Gasteiger partial charge in [-0.05, 0) is 62.9 Å². The van der Waals surface area contributed by atoms with Gasteiger partial charge >= 0.3 is 0 Å². The molecule has 1 aromatic rings. The van der Waals surface area contributed by atoms with Crippen LogP contribution in [-0.2, 0) is 14.8 Å². The number of benzene rings is 1. The molecule has 0 atom stereocenters. The Hall–Kier alpha value is -1.64. The maximum atomic E-state index is 13.0. The summed E-state index contributed by atoms with van der Waals surface area (Å²) < 4.78 is 27.6. The van der Waals surface area contributed by atoms with Crippen LogP contribution in [0.25, 0.3) is 0 Å². The van der Waals surface area contributed by atoms with Crippen LogP contribution in [0.2, 0.25) is 0 Å². The molecule has 0 unspecified atom stereocenters. The third-order valence-corrected chi connectivity index (χ3v) is 7.81. The SMILES string of the molecule is CC1CCN(CC(=O)Nc2cc(S(=O)(=O)N3CCCCC3)ccc2N(C)C)CC1. The molecule has 0 aromatic heterocycles. The molecule has 0 aliphatic carbocycles. The topological polar surface area (TPSA) is 73.0 Å². The lowest BCUT2D eigenvalue weighted by molar-refractivity contribution is -0.117. The Morgan fingerprint density at radius 3 is 2.38 bits per heavy atom. The van der Waals surface area contributed by atoms with Gasteiger partial charge in [0, 0.05) is 27.2 Å². The Bertz CT molecular complexity index is 811. The van der Waals surface area contributed by atoms with Crippen LogP contribution in [-0.4, -0.2) is 70.3 Å². The summed E-state index contributed by atoms with van der Waals surface area (Å²) in [5.41, 5.74) is 1.34. The number of carbonyl (C=O) groups excluding carboxylic acids is 1. The number of piperidine rings is 2. The van der Waals surface area contributed by atoms with Crippen LogP contribution in [0.4, 0.5) is 11.4 Å². The minimum atomic E-state index is -3.54. The maximum Gasteiger partial charge on any atom is 0.243 e. The summed E-state index contributed by atoms with van der Waals surface area (Å²) in [6, 6.07) is 5.02. The second-order valence-corrected chi connectivity index (χ2v) is 10.5. The predicted octanol–water partition coefficient (Wildman–Crippen LogP) is 2.60. The normalized spacial score (nSPS) is 19.8. The van der Waals surface area contributed by atoms with E-state index >= 15 is 0 Å². The van der Waals surface area contributed by atoms with Crippen molar-refractivity contribution in [1.82, 2.24) is 9.21 Å². The highest BCUT2D eigenvalue weighted by Gasteiger charge is 2.27. The number of sulfonamides is 1. The summed E-state index contributed by atoms with van der Waals surface area (Å²) in [5.74, 6) is 0.613. The molecule has 2 fully saturated rings. The van der Waals surface area contributed by atoms with Crippen molar-refractivity contribution in [2.75, 3.05) is 57.0 Å². The van der Waals surface area contributed by atoms with Crippen LogP contribution in [0.5, 0.6) is 0 Å². The van der Waals surface area contributed by atoms with Crippen LogP contribution in [0.1, 0.15) is 39.0 Å². The Balaban J connectivity index is 1.77. The highest BCUT2D eigenvalue weighted by atomic mass is 32.2. The van der Waals surface area contributed by atoms with Gasteiger partial charge in [-0.2, -0.15) is 4.31 Å². The molecule has 2 aliphatic heterocycles. The van der Waals surface area contributed by atoms with Gasteiger partial charge in [-0.3, -0.25) is 9.69 Å². The minimum absolute atomic E-state index is 0.102. The van der Waals surface area contributed by atoms with E-state index < -0.39 is 10.0 Å². The van der Waals surface area contributed by atoms with Crippen LogP contribution in [0, 0.1) is 5.92 Å². The molecule has 0 spiro atoms. The number of nitrogens with zero attached hydrogens (tertiary/aromatic N) is 3. The summed E-state index contributed by atoms with van der Waals surface area (Å²) >= 11 is 0. The molecule has 2 aliphatic rings. The summed E-state index contributed by atoms with van der Waals surface area (Å²) in [7, 11) is 0.226. The average molecular weight is 423 g/mol. The summed E-state index contributed by atoms with van der Waals surface area (Å²) in [6.45, 7) is 5.56. The molecule has 7 nitrogen and oxygen atoms in total. The molecule has 1 aromatic carbocycles. The summed E-state index contributed by atoms with van der Waals surface area (Å²) in [4.78, 5) is 17.0. The van der Waals surface area contributed by atoms with Crippen molar-refractivity contribution >= 4 is 27.3 Å². The van der Waals surface area contributed by atoms with Gasteiger partial charge in [-0.15, -0.1) is 0 Å². The molecule has 0 bridgehead atoms. The van der Waals surface area contributed by atoms with Gasteiger partial charge in [0.25, 0.3) is 0 Å². The number of nitrogens with one attached hydrogen (secondary N) is 1. The Labute approximate surface area is 175 Å². The standard InChI is InChI=1S/C21H34N4O3S/c1-17-9-13-24(14-10-17)16-21(26)22-19-15-18(7-8-20(19)23(2)3)29(27,28)25-11-5-4-6-12-25/h7-8,15,17H,4-6,9-14,16H2,1-3H3,(H,22,26). The lowest BCUT2D eigenvalue weighted by Crippen LogP contribution is -2.39. The molecule has 2 saturated heterocycles. The van der Waals surface area contributed by atoms with E-state index in [0.717, 1.165) is 50.9 Å². The van der Waals surface area contributed by atoms with Gasteiger partial charge in [0.05, 0.1) is 22.8 Å². The first kappa shape index (κ1) is 22.1. The van der Waals surface area contributed by atoms with Crippen molar-refractivity contribution in [1.29, 1.82) is 0 Å². The van der Waals surface area contributed by atoms with Gasteiger partial charge in [0.2, 0.25) is 15.9 Å². The second-order valence-electron chi connectivity index (χ2n) is 8.54. The first-order valence-electron chi connectivity index (χ1n) is 10.6. The number of carbonyl (C=O) groups is 1. The number of hydrogen-bond donors (Lipinski definition) is 1. The Morgan fingerprint density at radius 2 is 1.76 bits per heavy atom. The van der Waals surface area contributed by atoms with Crippen molar-refractivity contribution in [3.05, 3.63) is 18.2 Å². The molecular formula is C21H34N4O3S. The minimum Gasteiger partial charge on any atom is -0.376 e. The smallest absolute Gasteiger partial charge is 0.243 e. The van der Waals surface area contributed by atoms with E-state index in [0.29, 0.717) is 31.2 Å². The van der Waals surface area contributed by atoms with Gasteiger partial charge in [0.1, 0.15) is 0 Å². The fourth-order valence-corrected chi connectivity index (χ4v) is 5.58. The predicted molar refractivity (Wildman–Crippen MR) is 117 cm³/mol. The van der Waals surface area contributed by atoms with Crippen molar-refractivity contribution in [2.24, 2.45) is 5.92 Å². The molecular weight excluding hydrogens is 388 g/mol. The molecule has 3 rings (SSSR count). The monoisotopic (exact) mass is 422 g/mol. The Morgan fingerprint density at radius 1 is 1.10 bits per heavy atom. The third kappa shape index (κ3) is 5.49. The van der Waals surface area contributed by atoms with Crippen molar-refractivity contribution in [2.45, 2.75) is 43.9 Å². The maximum absolute atomic E-state index is 13.0. The van der Waals surface area contributed by atoms with E-state index in [1.165, 1.54) is 0 Å². The van der Waals surface area contributed by atoms with E-state index in [4.69, 9.17) is 0 Å². The molecule has 0 saturated carbocycles. The number of likely N-dealkylation sites (tertiary alicyclic amines) is 1. The average Bonchev–Trinajstić information content (AvgIpc) is 2.70. The van der Waals surface area contributed by atoms with E-state index in [-0.39, 0.29) is 10.8 Å². The van der Waals surface area contributed by atoms with Gasteiger partial charge in [-0.25, -0.2) is 8.42 Å². The third-order valence-electron chi connectivity index (χ3n) is 5.92. The molecule has 1 amide bonds. The molecule has 8 heteroatoms. The summed E-state index contributed by atoms with van der Waals surface area (Å²) in [5, 5.41) is 2.96. The van der Waals surface area contributed by atoms with E-state index in [2.05, 4.69) is 17.1 Å². The zero-order valence-electron chi connectivity index (χ0n) is 17.9. The van der Waals surface area contributed by atoms with Crippen LogP contribution < -0.4 is 10.2 Å². The first-order chi connectivity index (χ1) is 13.8. The number of rotatable bonds is 6. The lowest BCUT2D eigenvalue weighted by atomic mass is 9.99. The van der Waals surface area contributed by atoms with Crippen molar-refractivity contribution in [3.63, 3.8) is 0 Å². The number of amides is 1. The Kier molecular flexibility index (Phi) is 7.19. The lowest BCUT2D eigenvalue weighted by Gasteiger charge is -2.30. The van der Waals surface area contributed by atoms with Crippen LogP contribution >= 0.6 is 0 Å². The zero-order chi connectivity index (χ0) is 21.0. The second kappa shape index (κ2) is 9.45. The molecule has 162 valence electrons. The largest absolute Gasteiger partial charge is 0.376 e. The van der Waals surface area contributed by atoms with E-state index in [9.17, 15) is 13.2 Å². The van der Waals surface area contributed by atoms with E-state index in [1.54, 1.807) is 22.5 Å². The highest BCUT2D eigenvalue weighted by Crippen LogP contribution is 2.30. The zero-order valence-corrected chi connectivity index (χ0v) is 18.7. The molecule has 2 heterocycles. The molecule has 1 N–H and O–H groups in total. The number of anilines is 2. The first-order valence-corrected chi connectivity index (χ1v) is 12.0. The fraction of sp³-hybridized carbons (Fsp3) is 0.667. The van der Waals surface area contributed by atoms with Gasteiger partial charge in [-0.1, -0.05) is 13.3 Å². The number of hydrogen-bond acceptors (Lipinski definition) is 5.